The monoisotopic (exact) mass is 458 g/mol. The van der Waals surface area contributed by atoms with Gasteiger partial charge in [0.15, 0.2) is 11.5 Å². The van der Waals surface area contributed by atoms with Gasteiger partial charge in [-0.3, -0.25) is 15.0 Å². The Morgan fingerprint density at radius 1 is 0.882 bits per heavy atom. The number of methoxy groups -OCH3 is 1. The van der Waals surface area contributed by atoms with E-state index in [4.69, 9.17) is 14.2 Å². The molecular formula is C27H26N2O5. The highest BCUT2D eigenvalue weighted by Gasteiger charge is 2.34. The minimum atomic E-state index is -0.457. The summed E-state index contributed by atoms with van der Waals surface area (Å²) >= 11 is 0. The summed E-state index contributed by atoms with van der Waals surface area (Å²) in [5, 5.41) is 1.24. The molecule has 1 heterocycles. The van der Waals surface area contributed by atoms with Gasteiger partial charge in [-0.1, -0.05) is 36.4 Å². The number of hydrogen-bond acceptors (Lipinski definition) is 5. The largest absolute Gasteiger partial charge is 0.493 e. The van der Waals surface area contributed by atoms with E-state index in [-0.39, 0.29) is 5.57 Å². The van der Waals surface area contributed by atoms with Crippen molar-refractivity contribution in [2.75, 3.05) is 25.3 Å². The van der Waals surface area contributed by atoms with E-state index in [1.165, 1.54) is 5.01 Å². The number of nitrogens with zero attached hydrogens (tertiary/aromatic N) is 1. The second-order valence-electron chi connectivity index (χ2n) is 7.75. The van der Waals surface area contributed by atoms with Crippen LogP contribution in [0.4, 0.5) is 5.69 Å². The van der Waals surface area contributed by atoms with Gasteiger partial charge in [0.25, 0.3) is 11.8 Å². The van der Waals surface area contributed by atoms with Gasteiger partial charge in [-0.25, -0.2) is 5.01 Å². The molecule has 0 saturated carbocycles. The fourth-order valence-corrected chi connectivity index (χ4v) is 3.51. The number of hydrazine groups is 1. The van der Waals surface area contributed by atoms with Gasteiger partial charge in [0.2, 0.25) is 0 Å². The number of rotatable bonds is 9. The summed E-state index contributed by atoms with van der Waals surface area (Å²) in [6.45, 7) is 3.01. The van der Waals surface area contributed by atoms with Gasteiger partial charge >= 0.3 is 0 Å². The molecule has 0 bridgehead atoms. The van der Waals surface area contributed by atoms with Crippen molar-refractivity contribution in [2.45, 2.75) is 13.3 Å². The quantitative estimate of drug-likeness (QED) is 0.294. The van der Waals surface area contributed by atoms with Gasteiger partial charge < -0.3 is 14.2 Å². The van der Waals surface area contributed by atoms with Crippen LogP contribution in [-0.4, -0.2) is 32.1 Å². The highest BCUT2D eigenvalue weighted by Crippen LogP contribution is 2.30. The van der Waals surface area contributed by atoms with Crippen LogP contribution in [0.1, 0.15) is 17.5 Å². The Kier molecular flexibility index (Phi) is 7.13. The fourth-order valence-electron chi connectivity index (χ4n) is 3.51. The number of hydrogen-bond donors (Lipinski definition) is 1. The molecule has 1 fully saturated rings. The van der Waals surface area contributed by atoms with Gasteiger partial charge in [-0.15, -0.1) is 0 Å². The number of carbonyl (C=O) groups is 2. The van der Waals surface area contributed by atoms with Crippen LogP contribution in [0.2, 0.25) is 0 Å². The molecule has 1 aliphatic heterocycles. The van der Waals surface area contributed by atoms with Crippen molar-refractivity contribution in [3.8, 4) is 17.2 Å². The van der Waals surface area contributed by atoms with Crippen molar-refractivity contribution in [2.24, 2.45) is 0 Å². The maximum atomic E-state index is 12.8. The first kappa shape index (κ1) is 22.9. The van der Waals surface area contributed by atoms with Crippen LogP contribution in [0, 0.1) is 6.92 Å². The molecule has 7 heteroatoms. The summed E-state index contributed by atoms with van der Waals surface area (Å²) < 4.78 is 17.0. The van der Waals surface area contributed by atoms with E-state index in [0.717, 1.165) is 11.3 Å². The first-order valence-corrected chi connectivity index (χ1v) is 11.0. The molecule has 3 aromatic rings. The molecule has 3 aromatic carbocycles. The first-order chi connectivity index (χ1) is 16.5. The summed E-state index contributed by atoms with van der Waals surface area (Å²) in [5.74, 6) is 1.06. The zero-order valence-electron chi connectivity index (χ0n) is 19.1. The predicted octanol–water partition coefficient (Wildman–Crippen LogP) is 4.31. The second-order valence-corrected chi connectivity index (χ2v) is 7.75. The standard InChI is InChI=1S/C27H26N2O5/c1-19-8-6-11-22(16-19)33-14-7-15-34-24-13-12-20(18-25(24)32-2)17-23-26(30)28-29(27(23)31)21-9-4-3-5-10-21/h3-6,8-13,16-18H,7,14-15H2,1-2H3,(H,28,30)/b23-17-. The van der Waals surface area contributed by atoms with Crippen molar-refractivity contribution < 1.29 is 23.8 Å². The van der Waals surface area contributed by atoms with Crippen LogP contribution >= 0.6 is 0 Å². The van der Waals surface area contributed by atoms with Crippen molar-refractivity contribution in [3.63, 3.8) is 0 Å². The maximum absolute atomic E-state index is 12.8. The molecular weight excluding hydrogens is 432 g/mol. The number of benzene rings is 3. The number of para-hydroxylation sites is 1. The fraction of sp³-hybridized carbons (Fsp3) is 0.185. The van der Waals surface area contributed by atoms with E-state index in [1.807, 2.05) is 37.3 Å². The van der Waals surface area contributed by atoms with Crippen LogP contribution < -0.4 is 24.6 Å². The van der Waals surface area contributed by atoms with E-state index in [9.17, 15) is 9.59 Å². The van der Waals surface area contributed by atoms with Gasteiger partial charge in [0.1, 0.15) is 11.3 Å². The molecule has 174 valence electrons. The third-order valence-electron chi connectivity index (χ3n) is 5.21. The first-order valence-electron chi connectivity index (χ1n) is 11.0. The molecule has 0 radical (unpaired) electrons. The van der Waals surface area contributed by atoms with Gasteiger partial charge in [0, 0.05) is 6.42 Å². The number of aryl methyl sites for hydroxylation is 1. The third-order valence-corrected chi connectivity index (χ3v) is 5.21. The van der Waals surface area contributed by atoms with Crippen LogP contribution in [0.5, 0.6) is 17.2 Å². The number of amides is 2. The van der Waals surface area contributed by atoms with Crippen LogP contribution in [-0.2, 0) is 9.59 Å². The molecule has 0 aromatic heterocycles. The zero-order valence-corrected chi connectivity index (χ0v) is 19.1. The molecule has 7 nitrogen and oxygen atoms in total. The van der Waals surface area contributed by atoms with Gasteiger partial charge in [0.05, 0.1) is 26.0 Å². The normalized spacial score (nSPS) is 14.3. The van der Waals surface area contributed by atoms with E-state index in [0.29, 0.717) is 42.4 Å². The minimum absolute atomic E-state index is 0.0490. The predicted molar refractivity (Wildman–Crippen MR) is 130 cm³/mol. The lowest BCUT2D eigenvalue weighted by molar-refractivity contribution is -0.117. The lowest BCUT2D eigenvalue weighted by Gasteiger charge is -2.14. The van der Waals surface area contributed by atoms with Gasteiger partial charge in [-0.2, -0.15) is 0 Å². The Morgan fingerprint density at radius 3 is 2.44 bits per heavy atom. The average molecular weight is 459 g/mol. The van der Waals surface area contributed by atoms with Crippen molar-refractivity contribution in [3.05, 3.63) is 89.5 Å². The van der Waals surface area contributed by atoms with E-state index >= 15 is 0 Å². The number of nitrogens with one attached hydrogen (secondary N) is 1. The highest BCUT2D eigenvalue weighted by atomic mass is 16.5. The SMILES string of the molecule is COc1cc(/C=C2/C(=O)NN(c3ccccc3)C2=O)ccc1OCCCOc1cccc(C)c1. The Morgan fingerprint density at radius 2 is 1.68 bits per heavy atom. The molecule has 1 N–H and O–H groups in total. The molecule has 4 rings (SSSR count). The van der Waals surface area contributed by atoms with Crippen molar-refractivity contribution in [1.82, 2.24) is 5.43 Å². The minimum Gasteiger partial charge on any atom is -0.493 e. The van der Waals surface area contributed by atoms with Crippen molar-refractivity contribution in [1.29, 1.82) is 0 Å². The smallest absolute Gasteiger partial charge is 0.282 e. The lowest BCUT2D eigenvalue weighted by Crippen LogP contribution is -2.35. The van der Waals surface area contributed by atoms with Gasteiger partial charge in [-0.05, 0) is 60.5 Å². The van der Waals surface area contributed by atoms with E-state index < -0.39 is 11.8 Å². The molecule has 0 spiro atoms. The topological polar surface area (TPSA) is 77.1 Å². The molecule has 1 saturated heterocycles. The summed E-state index contributed by atoms with van der Waals surface area (Å²) in [6.07, 6.45) is 2.25. The second kappa shape index (κ2) is 10.6. The molecule has 1 aliphatic rings. The number of ether oxygens (including phenoxy) is 3. The summed E-state index contributed by atoms with van der Waals surface area (Å²) in [6, 6.07) is 22.1. The van der Waals surface area contributed by atoms with Crippen LogP contribution in [0.3, 0.4) is 0 Å². The molecule has 34 heavy (non-hydrogen) atoms. The van der Waals surface area contributed by atoms with Crippen LogP contribution in [0.15, 0.2) is 78.4 Å². The molecule has 0 aliphatic carbocycles. The lowest BCUT2D eigenvalue weighted by atomic mass is 10.1. The molecule has 0 atom stereocenters. The number of anilines is 1. The zero-order chi connectivity index (χ0) is 23.9. The molecule has 0 unspecified atom stereocenters. The van der Waals surface area contributed by atoms with Crippen LogP contribution in [0.25, 0.3) is 6.08 Å². The number of carbonyl (C=O) groups excluding carboxylic acids is 2. The van der Waals surface area contributed by atoms with Crippen molar-refractivity contribution >= 4 is 23.6 Å². The average Bonchev–Trinajstić information content (AvgIpc) is 3.13. The Labute approximate surface area is 198 Å². The Balaban J connectivity index is 1.37. The van der Waals surface area contributed by atoms with E-state index in [1.54, 1.807) is 55.7 Å². The summed E-state index contributed by atoms with van der Waals surface area (Å²) in [4.78, 5) is 25.2. The Hall–Kier alpha value is -4.26. The molecule has 2 amide bonds. The maximum Gasteiger partial charge on any atom is 0.282 e. The third kappa shape index (κ3) is 5.38. The summed E-state index contributed by atoms with van der Waals surface area (Å²) in [5.41, 5.74) is 5.04. The summed E-state index contributed by atoms with van der Waals surface area (Å²) in [7, 11) is 1.55. The van der Waals surface area contributed by atoms with E-state index in [2.05, 4.69) is 5.43 Å². The highest BCUT2D eigenvalue weighted by molar-refractivity contribution is 6.31. The Bertz CT molecular complexity index is 1210.